The number of para-hydroxylation sites is 1. The molecule has 0 aliphatic heterocycles. The number of nitrogens with zero attached hydrogens (tertiary/aromatic N) is 3. The fourth-order valence-corrected chi connectivity index (χ4v) is 8.41. The molecule has 10 aromatic rings. The smallest absolute Gasteiger partial charge is 0.164 e. The molecule has 2 aromatic heterocycles. The molecule has 0 saturated carbocycles. The van der Waals surface area contributed by atoms with Crippen LogP contribution in [-0.2, 0) is 6.42 Å². The van der Waals surface area contributed by atoms with Gasteiger partial charge in [0.2, 0.25) is 0 Å². The third kappa shape index (κ3) is 5.82. The molecule has 1 aliphatic carbocycles. The quantitative estimate of drug-likeness (QED) is 0.171. The van der Waals surface area contributed by atoms with Gasteiger partial charge < -0.3 is 4.42 Å². The van der Waals surface area contributed by atoms with Crippen LogP contribution in [0.2, 0.25) is 0 Å². The second-order valence-corrected chi connectivity index (χ2v) is 14.6. The normalized spacial score (nSPS) is 12.4. The van der Waals surface area contributed by atoms with Crippen molar-refractivity contribution in [1.29, 1.82) is 0 Å². The lowest BCUT2D eigenvalue weighted by atomic mass is 9.91. The van der Waals surface area contributed by atoms with E-state index < -0.39 is 0 Å². The fraction of sp³-hybridized carbons (Fsp3) is 0.0377. The Labute approximate surface area is 330 Å². The van der Waals surface area contributed by atoms with Crippen LogP contribution in [0.25, 0.3) is 106 Å². The lowest BCUT2D eigenvalue weighted by molar-refractivity contribution is 0.670. The summed E-state index contributed by atoms with van der Waals surface area (Å²) < 4.78 is 6.67. The van der Waals surface area contributed by atoms with Gasteiger partial charge in [0.15, 0.2) is 17.5 Å². The molecular weight excluding hydrogens is 695 g/mol. The highest BCUT2D eigenvalue weighted by Crippen LogP contribution is 2.43. The van der Waals surface area contributed by atoms with Crippen LogP contribution in [0.3, 0.4) is 0 Å². The van der Waals surface area contributed by atoms with Crippen molar-refractivity contribution in [3.8, 4) is 67.5 Å². The predicted molar refractivity (Wildman–Crippen MR) is 235 cm³/mol. The van der Waals surface area contributed by atoms with Gasteiger partial charge in [-0.3, -0.25) is 0 Å². The number of furan rings is 1. The van der Waals surface area contributed by atoms with Crippen LogP contribution < -0.4 is 0 Å². The van der Waals surface area contributed by atoms with E-state index in [9.17, 15) is 0 Å². The zero-order valence-electron chi connectivity index (χ0n) is 31.1. The van der Waals surface area contributed by atoms with E-state index in [1.807, 2.05) is 12.1 Å². The zero-order chi connectivity index (χ0) is 37.7. The van der Waals surface area contributed by atoms with Gasteiger partial charge in [0.25, 0.3) is 0 Å². The first-order chi connectivity index (χ1) is 28.2. The third-order valence-corrected chi connectivity index (χ3v) is 11.2. The van der Waals surface area contributed by atoms with Crippen molar-refractivity contribution in [1.82, 2.24) is 15.0 Å². The Morgan fingerprint density at radius 2 is 1.04 bits per heavy atom. The minimum absolute atomic E-state index is 0.614. The van der Waals surface area contributed by atoms with Crippen LogP contribution in [-0.4, -0.2) is 15.0 Å². The molecule has 8 aromatic carbocycles. The van der Waals surface area contributed by atoms with E-state index in [4.69, 9.17) is 19.4 Å². The molecule has 57 heavy (non-hydrogen) atoms. The van der Waals surface area contributed by atoms with Crippen molar-refractivity contribution in [2.24, 2.45) is 0 Å². The number of hydrogen-bond donors (Lipinski definition) is 0. The minimum Gasteiger partial charge on any atom is -0.455 e. The highest BCUT2D eigenvalue weighted by molar-refractivity contribution is 6.16. The number of aryl methyl sites for hydroxylation is 1. The van der Waals surface area contributed by atoms with Crippen molar-refractivity contribution in [2.75, 3.05) is 0 Å². The number of hydrogen-bond acceptors (Lipinski definition) is 4. The van der Waals surface area contributed by atoms with Crippen molar-refractivity contribution >= 4 is 38.8 Å². The molecule has 0 N–H and O–H groups in total. The minimum atomic E-state index is 0.614. The molecule has 11 rings (SSSR count). The number of benzene rings is 8. The van der Waals surface area contributed by atoms with Crippen molar-refractivity contribution < 1.29 is 4.42 Å². The van der Waals surface area contributed by atoms with E-state index >= 15 is 0 Å². The Hall–Kier alpha value is -7.43. The Morgan fingerprint density at radius 3 is 1.86 bits per heavy atom. The molecule has 0 amide bonds. The van der Waals surface area contributed by atoms with Gasteiger partial charge >= 0.3 is 0 Å². The average Bonchev–Trinajstić information content (AvgIpc) is 3.69. The fourth-order valence-electron chi connectivity index (χ4n) is 8.41. The summed E-state index contributed by atoms with van der Waals surface area (Å²) in [6, 6.07) is 61.6. The van der Waals surface area contributed by atoms with Gasteiger partial charge in [-0.1, -0.05) is 176 Å². The lowest BCUT2D eigenvalue weighted by Gasteiger charge is -2.15. The molecule has 0 atom stereocenters. The summed E-state index contributed by atoms with van der Waals surface area (Å²) in [6.45, 7) is 0. The van der Waals surface area contributed by atoms with Crippen molar-refractivity contribution in [2.45, 2.75) is 12.8 Å². The maximum absolute atomic E-state index is 6.67. The molecule has 4 nitrogen and oxygen atoms in total. The molecule has 0 unspecified atom stereocenters. The van der Waals surface area contributed by atoms with Gasteiger partial charge in [0, 0.05) is 33.0 Å². The Morgan fingerprint density at radius 1 is 0.421 bits per heavy atom. The van der Waals surface area contributed by atoms with Gasteiger partial charge in [-0.05, 0) is 74.7 Å². The summed E-state index contributed by atoms with van der Waals surface area (Å²) in [5, 5.41) is 4.55. The molecule has 0 bridgehead atoms. The highest BCUT2D eigenvalue weighted by atomic mass is 16.3. The first-order valence-electron chi connectivity index (χ1n) is 19.5. The molecule has 0 spiro atoms. The number of aromatic nitrogens is 3. The zero-order valence-corrected chi connectivity index (χ0v) is 31.1. The maximum Gasteiger partial charge on any atom is 0.164 e. The van der Waals surface area contributed by atoms with E-state index in [-0.39, 0.29) is 0 Å². The van der Waals surface area contributed by atoms with E-state index in [0.29, 0.717) is 17.5 Å². The van der Waals surface area contributed by atoms with Crippen LogP contribution in [0.1, 0.15) is 17.5 Å². The van der Waals surface area contributed by atoms with Crippen molar-refractivity contribution in [3.05, 3.63) is 193 Å². The van der Waals surface area contributed by atoms with Crippen LogP contribution in [0.15, 0.2) is 186 Å². The van der Waals surface area contributed by atoms with E-state index in [2.05, 4.69) is 176 Å². The van der Waals surface area contributed by atoms with E-state index in [1.54, 1.807) is 0 Å². The summed E-state index contributed by atoms with van der Waals surface area (Å²) in [5.74, 6) is 1.87. The molecule has 2 heterocycles. The highest BCUT2D eigenvalue weighted by Gasteiger charge is 2.21. The van der Waals surface area contributed by atoms with Gasteiger partial charge in [-0.15, -0.1) is 0 Å². The SMILES string of the molecule is C1=Cc2c(ccc3ccc(-c4nc(-c5ccc(-c6ccccc6)cc5)nc(-c5ccccc5-c5cccc6oc7c(-c8ccccc8)cccc7c56)n4)cc23)CC1. The molecule has 0 radical (unpaired) electrons. The largest absolute Gasteiger partial charge is 0.455 e. The molecular formula is C53H35N3O. The van der Waals surface area contributed by atoms with Crippen LogP contribution >= 0.6 is 0 Å². The number of allylic oxidation sites excluding steroid dienone is 1. The second-order valence-electron chi connectivity index (χ2n) is 14.6. The molecule has 0 saturated heterocycles. The number of rotatable bonds is 6. The predicted octanol–water partition coefficient (Wildman–Crippen LogP) is 13.9. The van der Waals surface area contributed by atoms with E-state index in [0.717, 1.165) is 79.3 Å². The second kappa shape index (κ2) is 13.7. The molecule has 0 fully saturated rings. The Bertz CT molecular complexity index is 3160. The summed E-state index contributed by atoms with van der Waals surface area (Å²) in [5.41, 5.74) is 13.8. The molecule has 1 aliphatic rings. The summed E-state index contributed by atoms with van der Waals surface area (Å²) in [7, 11) is 0. The monoisotopic (exact) mass is 729 g/mol. The Kier molecular flexibility index (Phi) is 7.92. The lowest BCUT2D eigenvalue weighted by Crippen LogP contribution is -2.01. The van der Waals surface area contributed by atoms with Gasteiger partial charge in [0.05, 0.1) is 0 Å². The Balaban J connectivity index is 1.11. The third-order valence-electron chi connectivity index (χ3n) is 11.2. The first kappa shape index (κ1) is 33.0. The van der Waals surface area contributed by atoms with Crippen LogP contribution in [0, 0.1) is 0 Å². The van der Waals surface area contributed by atoms with Gasteiger partial charge in [0.1, 0.15) is 11.2 Å². The van der Waals surface area contributed by atoms with Crippen LogP contribution in [0.5, 0.6) is 0 Å². The summed E-state index contributed by atoms with van der Waals surface area (Å²) >= 11 is 0. The number of fused-ring (bicyclic) bond motifs is 6. The summed E-state index contributed by atoms with van der Waals surface area (Å²) in [6.07, 6.45) is 6.66. The van der Waals surface area contributed by atoms with Crippen molar-refractivity contribution in [3.63, 3.8) is 0 Å². The van der Waals surface area contributed by atoms with E-state index in [1.165, 1.54) is 27.5 Å². The van der Waals surface area contributed by atoms with Crippen LogP contribution in [0.4, 0.5) is 0 Å². The topological polar surface area (TPSA) is 51.8 Å². The molecule has 4 heteroatoms. The molecule has 268 valence electrons. The maximum atomic E-state index is 6.67. The van der Waals surface area contributed by atoms with Gasteiger partial charge in [-0.2, -0.15) is 0 Å². The summed E-state index contributed by atoms with van der Waals surface area (Å²) in [4.78, 5) is 15.7. The van der Waals surface area contributed by atoms with Gasteiger partial charge in [-0.25, -0.2) is 15.0 Å². The first-order valence-corrected chi connectivity index (χ1v) is 19.5. The average molecular weight is 730 g/mol. The standard InChI is InChI=1S/C53H35N3O/c1-3-13-34(14-4-1)35-25-30-39(31-26-35)51-54-52(40-32-29-38-28-27-37-17-7-8-18-41(37)47(38)33-40)56-53(55-51)45-20-10-9-19-43(45)44-22-12-24-48-49(44)46-23-11-21-42(50(46)57-48)36-15-5-2-6-16-36/h1-6,8-16,18-33H,7,17H2.